The molecule has 1 aliphatic rings. The zero-order valence-corrected chi connectivity index (χ0v) is 15.3. The first-order chi connectivity index (χ1) is 12.5. The molecule has 0 spiro atoms. The maximum Gasteiger partial charge on any atom is 0.350 e. The summed E-state index contributed by atoms with van der Waals surface area (Å²) in [5.74, 6) is -0.626. The van der Waals surface area contributed by atoms with Crippen molar-refractivity contribution in [2.75, 3.05) is 18.5 Å². The van der Waals surface area contributed by atoms with Gasteiger partial charge in [0.05, 0.1) is 31.0 Å². The van der Waals surface area contributed by atoms with Gasteiger partial charge in [-0.15, -0.1) is 0 Å². The number of aromatic nitrogens is 1. The number of likely N-dealkylation sites (tertiary alicyclic amines) is 1. The lowest BCUT2D eigenvalue weighted by Gasteiger charge is -2.14. The topological polar surface area (TPSA) is 102 Å². The van der Waals surface area contributed by atoms with Crippen molar-refractivity contribution in [2.45, 2.75) is 26.8 Å². The fourth-order valence-electron chi connectivity index (χ4n) is 2.73. The summed E-state index contributed by atoms with van der Waals surface area (Å²) >= 11 is 1.07. The number of hydrogen-bond donors (Lipinski definition) is 1. The van der Waals surface area contributed by atoms with Crippen LogP contribution in [0.5, 0.6) is 0 Å². The van der Waals surface area contributed by atoms with Crippen LogP contribution in [-0.2, 0) is 20.9 Å². The number of aryl methyl sites for hydroxylation is 1. The highest BCUT2D eigenvalue weighted by atomic mass is 32.1. The van der Waals surface area contributed by atoms with Gasteiger partial charge in [0, 0.05) is 13.0 Å². The zero-order valence-electron chi connectivity index (χ0n) is 14.5. The maximum atomic E-state index is 12.5. The molecule has 0 bridgehead atoms. The SMILES string of the molecule is CCOC(=O)c1sc(NC(=O)[C@@H]2CC(=O)N(Cc3ccco3)C2)nc1C. The highest BCUT2D eigenvalue weighted by molar-refractivity contribution is 7.17. The number of anilines is 1. The van der Waals surface area contributed by atoms with E-state index in [0.29, 0.717) is 34.6 Å². The number of ether oxygens (including phenoxy) is 1. The summed E-state index contributed by atoms with van der Waals surface area (Å²) in [5.41, 5.74) is 0.505. The molecule has 1 saturated heterocycles. The number of thiazole rings is 1. The molecule has 0 aromatic carbocycles. The van der Waals surface area contributed by atoms with Crippen LogP contribution >= 0.6 is 11.3 Å². The van der Waals surface area contributed by atoms with Crippen molar-refractivity contribution in [1.82, 2.24) is 9.88 Å². The lowest BCUT2D eigenvalue weighted by atomic mass is 10.1. The molecule has 2 aromatic heterocycles. The van der Waals surface area contributed by atoms with Crippen LogP contribution in [0.1, 0.15) is 34.5 Å². The Hall–Kier alpha value is -2.68. The minimum Gasteiger partial charge on any atom is -0.467 e. The van der Waals surface area contributed by atoms with Crippen LogP contribution in [0.25, 0.3) is 0 Å². The van der Waals surface area contributed by atoms with E-state index in [4.69, 9.17) is 9.15 Å². The normalized spacial score (nSPS) is 16.8. The van der Waals surface area contributed by atoms with Gasteiger partial charge in [-0.3, -0.25) is 9.59 Å². The van der Waals surface area contributed by atoms with E-state index in [-0.39, 0.29) is 24.8 Å². The Kier molecular flexibility index (Phi) is 5.36. The van der Waals surface area contributed by atoms with Gasteiger partial charge in [-0.05, 0) is 26.0 Å². The molecule has 1 atom stereocenters. The second-order valence-electron chi connectivity index (χ2n) is 5.90. The molecule has 1 N–H and O–H groups in total. The molecule has 2 amide bonds. The molecule has 9 heteroatoms. The number of carbonyl (C=O) groups is 3. The Morgan fingerprint density at radius 1 is 1.50 bits per heavy atom. The Morgan fingerprint density at radius 3 is 3.00 bits per heavy atom. The first kappa shape index (κ1) is 18.1. The maximum absolute atomic E-state index is 12.5. The molecule has 0 saturated carbocycles. The highest BCUT2D eigenvalue weighted by Gasteiger charge is 2.35. The number of amides is 2. The third kappa shape index (κ3) is 3.93. The second-order valence-corrected chi connectivity index (χ2v) is 6.90. The van der Waals surface area contributed by atoms with Gasteiger partial charge in [-0.1, -0.05) is 11.3 Å². The minimum atomic E-state index is -0.465. The Bertz CT molecular complexity index is 814. The van der Waals surface area contributed by atoms with Crippen molar-refractivity contribution in [2.24, 2.45) is 5.92 Å². The first-order valence-corrected chi connectivity index (χ1v) is 9.05. The van der Waals surface area contributed by atoms with E-state index >= 15 is 0 Å². The highest BCUT2D eigenvalue weighted by Crippen LogP contribution is 2.26. The first-order valence-electron chi connectivity index (χ1n) is 8.23. The lowest BCUT2D eigenvalue weighted by molar-refractivity contribution is -0.128. The summed E-state index contributed by atoms with van der Waals surface area (Å²) in [4.78, 5) is 42.6. The monoisotopic (exact) mass is 377 g/mol. The molecule has 3 rings (SSSR count). The van der Waals surface area contributed by atoms with E-state index in [9.17, 15) is 14.4 Å². The number of nitrogens with one attached hydrogen (secondary N) is 1. The standard InChI is InChI=1S/C17H19N3O5S/c1-3-24-16(23)14-10(2)18-17(26-14)19-15(22)11-7-13(21)20(8-11)9-12-5-4-6-25-12/h4-6,11H,3,7-9H2,1-2H3,(H,18,19,22)/t11-/m1/s1. The van der Waals surface area contributed by atoms with Gasteiger partial charge in [0.2, 0.25) is 11.8 Å². The Labute approximate surface area is 154 Å². The fraction of sp³-hybridized carbons (Fsp3) is 0.412. The number of nitrogens with zero attached hydrogens (tertiary/aromatic N) is 2. The van der Waals surface area contributed by atoms with Gasteiger partial charge in [-0.25, -0.2) is 9.78 Å². The smallest absolute Gasteiger partial charge is 0.350 e. The summed E-state index contributed by atoms with van der Waals surface area (Å²) in [5, 5.41) is 3.03. The summed E-state index contributed by atoms with van der Waals surface area (Å²) in [6, 6.07) is 3.54. The molecule has 0 aliphatic carbocycles. The van der Waals surface area contributed by atoms with Crippen molar-refractivity contribution >= 4 is 34.3 Å². The molecule has 0 radical (unpaired) electrons. The van der Waals surface area contributed by atoms with Gasteiger partial charge in [0.1, 0.15) is 10.6 Å². The van der Waals surface area contributed by atoms with Crippen molar-refractivity contribution in [3.8, 4) is 0 Å². The number of furan rings is 1. The molecule has 2 aromatic rings. The molecule has 1 aliphatic heterocycles. The van der Waals surface area contributed by atoms with E-state index in [2.05, 4.69) is 10.3 Å². The molecule has 0 unspecified atom stereocenters. The average molecular weight is 377 g/mol. The van der Waals surface area contributed by atoms with Crippen molar-refractivity contribution in [1.29, 1.82) is 0 Å². The second kappa shape index (κ2) is 7.69. The van der Waals surface area contributed by atoms with E-state index in [1.807, 2.05) is 0 Å². The van der Waals surface area contributed by atoms with Crippen molar-refractivity contribution < 1.29 is 23.5 Å². The van der Waals surface area contributed by atoms with E-state index in [1.165, 1.54) is 0 Å². The van der Waals surface area contributed by atoms with E-state index in [1.54, 1.807) is 37.1 Å². The fourth-order valence-corrected chi connectivity index (χ4v) is 3.60. The minimum absolute atomic E-state index is 0.0934. The van der Waals surface area contributed by atoms with Gasteiger partial charge >= 0.3 is 5.97 Å². The summed E-state index contributed by atoms with van der Waals surface area (Å²) < 4.78 is 10.2. The average Bonchev–Trinajstić information content (AvgIpc) is 3.30. The molecule has 8 nitrogen and oxygen atoms in total. The number of rotatable bonds is 6. The molecule has 138 valence electrons. The largest absolute Gasteiger partial charge is 0.467 e. The Balaban J connectivity index is 1.61. The predicted molar refractivity (Wildman–Crippen MR) is 93.7 cm³/mol. The molecule has 3 heterocycles. The third-order valence-electron chi connectivity index (χ3n) is 4.00. The molecule has 1 fully saturated rings. The van der Waals surface area contributed by atoms with Crippen LogP contribution in [0, 0.1) is 12.8 Å². The van der Waals surface area contributed by atoms with E-state index in [0.717, 1.165) is 11.3 Å². The van der Waals surface area contributed by atoms with Crippen molar-refractivity contribution in [3.05, 3.63) is 34.7 Å². The van der Waals surface area contributed by atoms with Crippen LogP contribution in [-0.4, -0.2) is 40.8 Å². The van der Waals surface area contributed by atoms with Crippen LogP contribution < -0.4 is 5.32 Å². The lowest BCUT2D eigenvalue weighted by Crippen LogP contribution is -2.27. The zero-order chi connectivity index (χ0) is 18.7. The van der Waals surface area contributed by atoms with Gasteiger partial charge in [0.25, 0.3) is 0 Å². The van der Waals surface area contributed by atoms with E-state index < -0.39 is 11.9 Å². The predicted octanol–water partition coefficient (Wildman–Crippen LogP) is 2.21. The summed E-state index contributed by atoms with van der Waals surface area (Å²) in [6.45, 7) is 4.35. The van der Waals surface area contributed by atoms with Crippen LogP contribution in [0.2, 0.25) is 0 Å². The third-order valence-corrected chi connectivity index (χ3v) is 5.05. The number of hydrogen-bond acceptors (Lipinski definition) is 7. The number of esters is 1. The molecular formula is C17H19N3O5S. The van der Waals surface area contributed by atoms with Crippen LogP contribution in [0.4, 0.5) is 5.13 Å². The molecule has 26 heavy (non-hydrogen) atoms. The van der Waals surface area contributed by atoms with Crippen molar-refractivity contribution in [3.63, 3.8) is 0 Å². The van der Waals surface area contributed by atoms with Crippen LogP contribution in [0.15, 0.2) is 22.8 Å². The quantitative estimate of drug-likeness (QED) is 0.775. The van der Waals surface area contributed by atoms with Gasteiger partial charge < -0.3 is 19.4 Å². The summed E-state index contributed by atoms with van der Waals surface area (Å²) in [6.07, 6.45) is 1.69. The van der Waals surface area contributed by atoms with Gasteiger partial charge in [0.15, 0.2) is 5.13 Å². The van der Waals surface area contributed by atoms with Gasteiger partial charge in [-0.2, -0.15) is 0 Å². The number of carbonyl (C=O) groups excluding carboxylic acids is 3. The molecular weight excluding hydrogens is 358 g/mol. The Morgan fingerprint density at radius 2 is 2.31 bits per heavy atom. The summed E-state index contributed by atoms with van der Waals surface area (Å²) in [7, 11) is 0. The van der Waals surface area contributed by atoms with Crippen LogP contribution in [0.3, 0.4) is 0 Å².